The summed E-state index contributed by atoms with van der Waals surface area (Å²) in [7, 11) is 0. The number of carbonyl (C=O) groups is 5. The highest BCUT2D eigenvalue weighted by Crippen LogP contribution is 2.64. The van der Waals surface area contributed by atoms with Gasteiger partial charge in [0.2, 0.25) is 0 Å². The van der Waals surface area contributed by atoms with Gasteiger partial charge < -0.3 is 10.2 Å². The van der Waals surface area contributed by atoms with Crippen LogP contribution in [0, 0.1) is 34.5 Å². The Morgan fingerprint density at radius 3 is 1.92 bits per heavy atom. The molecule has 2 fully saturated rings. The van der Waals surface area contributed by atoms with Crippen molar-refractivity contribution in [3.05, 3.63) is 75.8 Å². The Balaban J connectivity index is 1.36. The number of rotatable bonds is 4. The number of benzene rings is 3. The van der Waals surface area contributed by atoms with Crippen molar-refractivity contribution in [2.75, 3.05) is 0 Å². The summed E-state index contributed by atoms with van der Waals surface area (Å²) in [6.45, 7) is 8.17. The van der Waals surface area contributed by atoms with Gasteiger partial charge in [-0.2, -0.15) is 0 Å². The molecule has 8 rings (SSSR count). The molecule has 7 nitrogen and oxygen atoms in total. The number of phenols is 1. The van der Waals surface area contributed by atoms with Crippen molar-refractivity contribution < 1.29 is 34.2 Å². The number of hydrogen-bond donors (Lipinski definition) is 2. The summed E-state index contributed by atoms with van der Waals surface area (Å²) in [5.41, 5.74) is 3.38. The molecule has 0 aliphatic heterocycles. The van der Waals surface area contributed by atoms with Gasteiger partial charge in [0.25, 0.3) is 0 Å². The number of ketones is 5. The van der Waals surface area contributed by atoms with E-state index in [0.717, 1.165) is 62.1 Å². The summed E-state index contributed by atoms with van der Waals surface area (Å²) >= 11 is 0. The zero-order valence-corrected chi connectivity index (χ0v) is 29.4. The minimum absolute atomic E-state index is 0.0278. The molecule has 0 radical (unpaired) electrons. The highest BCUT2D eigenvalue weighted by atomic mass is 16.3. The first-order valence-corrected chi connectivity index (χ1v) is 18.1. The molecule has 3 unspecified atom stereocenters. The number of aliphatic hydroxyl groups is 1. The second-order valence-corrected chi connectivity index (χ2v) is 16.7. The van der Waals surface area contributed by atoms with Crippen LogP contribution in [0.15, 0.2) is 42.5 Å². The van der Waals surface area contributed by atoms with Crippen LogP contribution in [0.4, 0.5) is 0 Å². The van der Waals surface area contributed by atoms with Crippen LogP contribution in [0.25, 0.3) is 22.3 Å². The van der Waals surface area contributed by atoms with Gasteiger partial charge in [-0.25, -0.2) is 0 Å². The Hall–Kier alpha value is -4.23. The maximum Gasteiger partial charge on any atom is 0.190 e. The van der Waals surface area contributed by atoms with Crippen LogP contribution in [-0.2, 0) is 51.3 Å². The fourth-order valence-corrected chi connectivity index (χ4v) is 11.2. The van der Waals surface area contributed by atoms with E-state index >= 15 is 4.79 Å². The monoisotopic (exact) mass is 672 g/mol. The van der Waals surface area contributed by atoms with Crippen molar-refractivity contribution in [2.24, 2.45) is 34.5 Å². The van der Waals surface area contributed by atoms with Gasteiger partial charge in [0.05, 0.1) is 11.5 Å². The van der Waals surface area contributed by atoms with Gasteiger partial charge in [0.15, 0.2) is 28.7 Å². The molecule has 7 heteroatoms. The lowest BCUT2D eigenvalue weighted by Gasteiger charge is -2.62. The topological polar surface area (TPSA) is 126 Å². The van der Waals surface area contributed by atoms with Gasteiger partial charge in [-0.05, 0) is 120 Å². The fourth-order valence-electron chi connectivity index (χ4n) is 11.2. The Morgan fingerprint density at radius 2 is 1.36 bits per heavy atom. The van der Waals surface area contributed by atoms with E-state index in [0.29, 0.717) is 11.1 Å². The molecule has 0 amide bonds. The molecule has 2 saturated carbocycles. The Kier molecular flexibility index (Phi) is 7.17. The average Bonchev–Trinajstić information content (AvgIpc) is 3.71. The summed E-state index contributed by atoms with van der Waals surface area (Å²) in [5, 5.41) is 24.6. The first-order valence-electron chi connectivity index (χ1n) is 18.1. The average molecular weight is 673 g/mol. The van der Waals surface area contributed by atoms with Gasteiger partial charge >= 0.3 is 0 Å². The number of fused-ring (bicyclic) bond motifs is 5. The van der Waals surface area contributed by atoms with Gasteiger partial charge in [0.1, 0.15) is 17.5 Å². The number of carbonyl (C=O) groups excluding carboxylic acids is 5. The Bertz CT molecular complexity index is 2090. The van der Waals surface area contributed by atoms with E-state index < -0.39 is 69.0 Å². The maximum atomic E-state index is 15.0. The molecule has 0 bridgehead atoms. The predicted octanol–water partition coefficient (Wildman–Crippen LogP) is 6.40. The minimum atomic E-state index is -2.72. The van der Waals surface area contributed by atoms with Crippen LogP contribution in [0.5, 0.6) is 5.75 Å². The van der Waals surface area contributed by atoms with Crippen LogP contribution in [0.2, 0.25) is 0 Å². The lowest BCUT2D eigenvalue weighted by Crippen LogP contribution is -2.76. The molecular formula is C43H44O7. The predicted molar refractivity (Wildman–Crippen MR) is 188 cm³/mol. The van der Waals surface area contributed by atoms with Crippen LogP contribution in [0.3, 0.4) is 0 Å². The van der Waals surface area contributed by atoms with E-state index in [2.05, 4.69) is 30.3 Å². The lowest BCUT2D eigenvalue weighted by atomic mass is 9.39. The zero-order valence-electron chi connectivity index (χ0n) is 29.4. The van der Waals surface area contributed by atoms with Gasteiger partial charge in [-0.15, -0.1) is 0 Å². The van der Waals surface area contributed by atoms with E-state index in [9.17, 15) is 29.4 Å². The summed E-state index contributed by atoms with van der Waals surface area (Å²) in [6.07, 6.45) is 6.30. The number of aryl methyl sites for hydroxylation is 4. The van der Waals surface area contributed by atoms with Crippen LogP contribution >= 0.6 is 0 Å². The Labute approximate surface area is 292 Å². The SMILES string of the molecule is CC(=O)C1C(=O)C(C(C)C)[C@@]2(C)C[C@@]3(C)Cc4c(-c5ccc6c(c5)CCC6)cc(-c5ccc6c(c5)CCC6)c(O)c4C(=O)C3C(=O)[C@@]2(O)C1=O. The third-order valence-corrected chi connectivity index (χ3v) is 13.2. The van der Waals surface area contributed by atoms with Crippen molar-refractivity contribution in [3.8, 4) is 28.0 Å². The van der Waals surface area contributed by atoms with Gasteiger partial charge in [-0.1, -0.05) is 64.1 Å². The van der Waals surface area contributed by atoms with E-state index in [4.69, 9.17) is 0 Å². The molecule has 5 aliphatic carbocycles. The standard InChI is InChI=1S/C43H44O7/c1-21(2)34-37(46)32(22(3)44)39(48)43(50)40(49)35-38(47)33-31(19-41(35,4)20-42(34,43)5)29(27-14-12-23-8-6-10-25(23)16-27)18-30(36(33)45)28-15-13-24-9-7-11-26(24)17-28/h12-18,21,32,34-35,45,50H,6-11,19-20H2,1-5H3/t32?,34?,35?,41-,42-,43+/m1/s1. The smallest absolute Gasteiger partial charge is 0.190 e. The van der Waals surface area contributed by atoms with Crippen LogP contribution in [0.1, 0.15) is 92.1 Å². The second-order valence-electron chi connectivity index (χ2n) is 16.7. The molecule has 5 aliphatic rings. The molecule has 0 spiro atoms. The highest BCUT2D eigenvalue weighted by molar-refractivity contribution is 6.32. The number of hydrogen-bond acceptors (Lipinski definition) is 7. The lowest BCUT2D eigenvalue weighted by molar-refractivity contribution is -0.205. The molecule has 50 heavy (non-hydrogen) atoms. The molecule has 0 saturated heterocycles. The first-order chi connectivity index (χ1) is 23.6. The number of phenolic OH excluding ortho intramolecular Hbond substituents is 1. The quantitative estimate of drug-likeness (QED) is 0.307. The molecule has 258 valence electrons. The summed E-state index contributed by atoms with van der Waals surface area (Å²) in [5.74, 6) is -8.84. The fraction of sp³-hybridized carbons (Fsp3) is 0.465. The zero-order chi connectivity index (χ0) is 35.7. The third kappa shape index (κ3) is 4.22. The molecule has 2 N–H and O–H groups in total. The summed E-state index contributed by atoms with van der Waals surface area (Å²) < 4.78 is 0. The van der Waals surface area contributed by atoms with E-state index in [1.54, 1.807) is 20.8 Å². The molecule has 3 aromatic carbocycles. The van der Waals surface area contributed by atoms with Crippen LogP contribution in [-0.4, -0.2) is 44.7 Å². The van der Waals surface area contributed by atoms with Crippen molar-refractivity contribution in [2.45, 2.75) is 91.6 Å². The minimum Gasteiger partial charge on any atom is -0.507 e. The largest absolute Gasteiger partial charge is 0.507 e. The van der Waals surface area contributed by atoms with Crippen molar-refractivity contribution >= 4 is 28.9 Å². The molecule has 0 aromatic heterocycles. The molecule has 6 atom stereocenters. The normalized spacial score (nSPS) is 31.3. The molecule has 0 heterocycles. The third-order valence-electron chi connectivity index (χ3n) is 13.2. The van der Waals surface area contributed by atoms with Crippen molar-refractivity contribution in [1.82, 2.24) is 0 Å². The van der Waals surface area contributed by atoms with E-state index in [-0.39, 0.29) is 24.2 Å². The van der Waals surface area contributed by atoms with E-state index in [1.165, 1.54) is 22.3 Å². The molecule has 3 aromatic rings. The summed E-state index contributed by atoms with van der Waals surface area (Å²) in [6, 6.07) is 14.5. The highest BCUT2D eigenvalue weighted by Gasteiger charge is 2.76. The van der Waals surface area contributed by atoms with Crippen molar-refractivity contribution in [3.63, 3.8) is 0 Å². The molecular weight excluding hydrogens is 628 g/mol. The first kappa shape index (κ1) is 32.9. The summed E-state index contributed by atoms with van der Waals surface area (Å²) in [4.78, 5) is 70.7. The number of Topliss-reactive ketones (excluding diaryl/α,β-unsaturated/α-hetero) is 5. The van der Waals surface area contributed by atoms with Gasteiger partial charge in [-0.3, -0.25) is 24.0 Å². The Morgan fingerprint density at radius 1 is 0.800 bits per heavy atom. The maximum absolute atomic E-state index is 15.0. The van der Waals surface area contributed by atoms with Crippen LogP contribution < -0.4 is 0 Å². The van der Waals surface area contributed by atoms with E-state index in [1.807, 2.05) is 19.1 Å². The number of aromatic hydroxyl groups is 1. The second kappa shape index (κ2) is 10.9. The van der Waals surface area contributed by atoms with Gasteiger partial charge in [0, 0.05) is 16.9 Å². The van der Waals surface area contributed by atoms with Crippen molar-refractivity contribution in [1.29, 1.82) is 0 Å².